The number of ether oxygens (including phenoxy) is 2. The van der Waals surface area contributed by atoms with E-state index in [1.807, 2.05) is 34.7 Å². The van der Waals surface area contributed by atoms with Gasteiger partial charge in [0.1, 0.15) is 5.82 Å². The first-order valence-electron chi connectivity index (χ1n) is 9.94. The van der Waals surface area contributed by atoms with Gasteiger partial charge in [0.2, 0.25) is 0 Å². The molecule has 1 fully saturated rings. The molecule has 0 aliphatic carbocycles. The highest BCUT2D eigenvalue weighted by Gasteiger charge is 2.41. The van der Waals surface area contributed by atoms with Crippen LogP contribution in [0.1, 0.15) is 17.5 Å². The van der Waals surface area contributed by atoms with Crippen molar-refractivity contribution >= 4 is 27.7 Å². The lowest BCUT2D eigenvalue weighted by Gasteiger charge is -2.28. The zero-order valence-corrected chi connectivity index (χ0v) is 18.9. The molecule has 0 radical (unpaired) electrons. The third-order valence-electron chi connectivity index (χ3n) is 5.09. The van der Waals surface area contributed by atoms with Crippen molar-refractivity contribution in [3.63, 3.8) is 0 Å². The van der Waals surface area contributed by atoms with Gasteiger partial charge in [0.05, 0.1) is 25.6 Å². The van der Waals surface area contributed by atoms with Crippen LogP contribution in [0, 0.1) is 5.82 Å². The number of benzene rings is 2. The van der Waals surface area contributed by atoms with Gasteiger partial charge in [-0.05, 0) is 41.8 Å². The lowest BCUT2D eigenvalue weighted by Crippen LogP contribution is -2.37. The Morgan fingerprint density at radius 1 is 1.13 bits per heavy atom. The number of rotatable bonds is 9. The summed E-state index contributed by atoms with van der Waals surface area (Å²) in [5.74, 6) is 0.899. The quantitative estimate of drug-likeness (QED) is 0.398. The molecule has 7 heteroatoms. The van der Waals surface area contributed by atoms with Crippen LogP contribution < -0.4 is 0 Å². The zero-order chi connectivity index (χ0) is 20.8. The van der Waals surface area contributed by atoms with E-state index in [4.69, 9.17) is 9.47 Å². The Bertz CT molecular complexity index is 921. The molecule has 0 saturated carbocycles. The summed E-state index contributed by atoms with van der Waals surface area (Å²) in [5.41, 5.74) is 2.37. The fourth-order valence-corrected chi connectivity index (χ4v) is 4.76. The molecule has 1 aliphatic rings. The maximum Gasteiger partial charge on any atom is 0.187 e. The number of imidazole rings is 1. The SMILES string of the molecule is Fc1ccc(CCC2(Cn3ccnc3)OCC(CSCc3ccc(Br)cc3)O2)cc1. The van der Waals surface area contributed by atoms with Gasteiger partial charge in [-0.1, -0.05) is 40.2 Å². The van der Waals surface area contributed by atoms with Crippen molar-refractivity contribution < 1.29 is 13.9 Å². The monoisotopic (exact) mass is 490 g/mol. The molecule has 4 nitrogen and oxygen atoms in total. The van der Waals surface area contributed by atoms with E-state index in [2.05, 4.69) is 45.2 Å². The highest BCUT2D eigenvalue weighted by Crippen LogP contribution is 2.32. The predicted molar refractivity (Wildman–Crippen MR) is 121 cm³/mol. The molecular formula is C23H24BrFN2O2S. The third kappa shape index (κ3) is 5.94. The lowest BCUT2D eigenvalue weighted by atomic mass is 10.0. The minimum atomic E-state index is -0.697. The van der Waals surface area contributed by atoms with Crippen LogP contribution in [-0.4, -0.2) is 33.8 Å². The Hall–Kier alpha value is -1.67. The molecule has 0 amide bonds. The molecule has 1 aromatic heterocycles. The van der Waals surface area contributed by atoms with E-state index in [1.165, 1.54) is 17.7 Å². The normalized spacial score (nSPS) is 21.2. The van der Waals surface area contributed by atoms with Gasteiger partial charge >= 0.3 is 0 Å². The van der Waals surface area contributed by atoms with Crippen LogP contribution in [-0.2, 0) is 28.2 Å². The van der Waals surface area contributed by atoms with Gasteiger partial charge in [0.15, 0.2) is 5.79 Å². The van der Waals surface area contributed by atoms with Crippen molar-refractivity contribution in [1.29, 1.82) is 0 Å². The van der Waals surface area contributed by atoms with Crippen LogP contribution in [0.5, 0.6) is 0 Å². The second-order valence-corrected chi connectivity index (χ2v) is 9.41. The van der Waals surface area contributed by atoms with E-state index in [9.17, 15) is 4.39 Å². The minimum absolute atomic E-state index is 0.0437. The fraction of sp³-hybridized carbons (Fsp3) is 0.348. The molecule has 30 heavy (non-hydrogen) atoms. The van der Waals surface area contributed by atoms with Crippen LogP contribution in [0.4, 0.5) is 4.39 Å². The van der Waals surface area contributed by atoms with Crippen LogP contribution in [0.15, 0.2) is 71.7 Å². The summed E-state index contributed by atoms with van der Waals surface area (Å²) < 4.78 is 29.0. The largest absolute Gasteiger partial charge is 0.345 e. The first-order valence-corrected chi connectivity index (χ1v) is 11.9. The number of aryl methyl sites for hydroxylation is 1. The lowest BCUT2D eigenvalue weighted by molar-refractivity contribution is -0.180. The van der Waals surface area contributed by atoms with Gasteiger partial charge < -0.3 is 14.0 Å². The van der Waals surface area contributed by atoms with Gasteiger partial charge in [-0.3, -0.25) is 0 Å². The van der Waals surface area contributed by atoms with Gasteiger partial charge in [-0.15, -0.1) is 0 Å². The number of hydrogen-bond acceptors (Lipinski definition) is 4. The summed E-state index contributed by atoms with van der Waals surface area (Å²) in [4.78, 5) is 4.13. The smallest absolute Gasteiger partial charge is 0.187 e. The average Bonchev–Trinajstić information content (AvgIpc) is 3.40. The minimum Gasteiger partial charge on any atom is -0.345 e. The standard InChI is InChI=1S/C23H24BrFN2O2S/c24-20-5-1-19(2-6-20)14-30-15-22-13-28-23(29-22,16-27-12-11-26-17-27)10-9-18-3-7-21(25)8-4-18/h1-8,11-12,17,22H,9-10,13-16H2. The molecule has 2 aromatic carbocycles. The van der Waals surface area contributed by atoms with Crippen molar-refractivity contribution in [2.24, 2.45) is 0 Å². The molecular weight excluding hydrogens is 467 g/mol. The number of halogens is 2. The molecule has 0 N–H and O–H groups in total. The highest BCUT2D eigenvalue weighted by atomic mass is 79.9. The second kappa shape index (κ2) is 10.1. The van der Waals surface area contributed by atoms with Crippen LogP contribution >= 0.6 is 27.7 Å². The van der Waals surface area contributed by atoms with Crippen molar-refractivity contribution in [2.45, 2.75) is 37.0 Å². The van der Waals surface area contributed by atoms with Gasteiger partial charge in [-0.2, -0.15) is 11.8 Å². The van der Waals surface area contributed by atoms with Gasteiger partial charge in [0.25, 0.3) is 0 Å². The average molecular weight is 491 g/mol. The Morgan fingerprint density at radius 2 is 1.90 bits per heavy atom. The summed E-state index contributed by atoms with van der Waals surface area (Å²) in [6, 6.07) is 15.0. The number of nitrogens with zero attached hydrogens (tertiary/aromatic N) is 2. The number of aromatic nitrogens is 2. The van der Waals surface area contributed by atoms with Crippen molar-refractivity contribution in [3.8, 4) is 0 Å². The van der Waals surface area contributed by atoms with E-state index in [0.29, 0.717) is 19.6 Å². The molecule has 2 unspecified atom stereocenters. The molecule has 2 heterocycles. The Kier molecular flexibility index (Phi) is 7.25. The zero-order valence-electron chi connectivity index (χ0n) is 16.5. The van der Waals surface area contributed by atoms with E-state index in [-0.39, 0.29) is 11.9 Å². The third-order valence-corrected chi connectivity index (χ3v) is 6.76. The Morgan fingerprint density at radius 3 is 2.63 bits per heavy atom. The first kappa shape index (κ1) is 21.6. The number of thioether (sulfide) groups is 1. The molecule has 1 aliphatic heterocycles. The van der Waals surface area contributed by atoms with Crippen LogP contribution in [0.2, 0.25) is 0 Å². The van der Waals surface area contributed by atoms with Crippen molar-refractivity contribution in [2.75, 3.05) is 12.4 Å². The van der Waals surface area contributed by atoms with Crippen molar-refractivity contribution in [1.82, 2.24) is 9.55 Å². The van der Waals surface area contributed by atoms with Crippen molar-refractivity contribution in [3.05, 3.63) is 88.7 Å². The Balaban J connectivity index is 1.35. The van der Waals surface area contributed by atoms with Gasteiger partial charge in [0, 0.05) is 34.8 Å². The second-order valence-electron chi connectivity index (χ2n) is 7.46. The molecule has 4 rings (SSSR count). The van der Waals surface area contributed by atoms with E-state index in [0.717, 1.165) is 28.0 Å². The molecule has 2 atom stereocenters. The molecule has 0 spiro atoms. The van der Waals surface area contributed by atoms with Crippen LogP contribution in [0.3, 0.4) is 0 Å². The maximum atomic E-state index is 13.2. The molecule has 3 aromatic rings. The molecule has 0 bridgehead atoms. The van der Waals surface area contributed by atoms with Crippen LogP contribution in [0.25, 0.3) is 0 Å². The topological polar surface area (TPSA) is 36.3 Å². The summed E-state index contributed by atoms with van der Waals surface area (Å²) >= 11 is 5.32. The summed E-state index contributed by atoms with van der Waals surface area (Å²) in [6.07, 6.45) is 6.96. The van der Waals surface area contributed by atoms with E-state index >= 15 is 0 Å². The predicted octanol–water partition coefficient (Wildman–Crippen LogP) is 5.46. The highest BCUT2D eigenvalue weighted by molar-refractivity contribution is 9.10. The Labute approximate surface area is 188 Å². The van der Waals surface area contributed by atoms with E-state index < -0.39 is 5.79 Å². The first-order chi connectivity index (χ1) is 14.6. The van der Waals surface area contributed by atoms with Gasteiger partial charge in [-0.25, -0.2) is 9.37 Å². The summed E-state index contributed by atoms with van der Waals surface area (Å²) in [5, 5.41) is 0. The molecule has 1 saturated heterocycles. The van der Waals surface area contributed by atoms with E-state index in [1.54, 1.807) is 12.5 Å². The number of hydrogen-bond donors (Lipinski definition) is 0. The summed E-state index contributed by atoms with van der Waals surface area (Å²) in [7, 11) is 0. The summed E-state index contributed by atoms with van der Waals surface area (Å²) in [6.45, 7) is 1.16. The fourth-order valence-electron chi connectivity index (χ4n) is 3.52. The molecule has 158 valence electrons. The maximum absolute atomic E-state index is 13.2.